The third-order valence-corrected chi connectivity index (χ3v) is 4.84. The van der Waals surface area contributed by atoms with Crippen molar-refractivity contribution in [1.82, 2.24) is 15.3 Å². The Hall–Kier alpha value is -2.13. The average Bonchev–Trinajstić information content (AvgIpc) is 3.24. The fourth-order valence-corrected chi connectivity index (χ4v) is 3.50. The molecule has 9 heteroatoms. The predicted octanol–water partition coefficient (Wildman–Crippen LogP) is 3.17. The van der Waals surface area contributed by atoms with Gasteiger partial charge in [0.1, 0.15) is 5.01 Å². The molecule has 0 bridgehead atoms. The fraction of sp³-hybridized carbons (Fsp3) is 0.333. The quantitative estimate of drug-likeness (QED) is 0.717. The fourth-order valence-electron chi connectivity index (χ4n) is 2.82. The van der Waals surface area contributed by atoms with Gasteiger partial charge in [-0.1, -0.05) is 0 Å². The third-order valence-electron chi connectivity index (χ3n) is 4.05. The largest absolute Gasteiger partial charge is 0.422 e. The highest BCUT2D eigenvalue weighted by Gasteiger charge is 2.30. The van der Waals surface area contributed by atoms with Crippen LogP contribution in [0.1, 0.15) is 6.92 Å². The Morgan fingerprint density at radius 1 is 1.29 bits per heavy atom. The van der Waals surface area contributed by atoms with E-state index < -0.39 is 17.5 Å². The van der Waals surface area contributed by atoms with E-state index in [4.69, 9.17) is 4.42 Å². The first kappa shape index (κ1) is 15.4. The number of oxazole rings is 1. The monoisotopic (exact) mass is 354 g/mol. The zero-order valence-electron chi connectivity index (χ0n) is 12.6. The number of nitrogens with one attached hydrogen (secondary N) is 1. The second-order valence-corrected chi connectivity index (χ2v) is 6.47. The molecule has 2 aromatic heterocycles. The molecule has 4 rings (SSSR count). The van der Waals surface area contributed by atoms with E-state index in [1.807, 2.05) is 11.8 Å². The number of anilines is 1. The molecule has 1 aliphatic heterocycles. The maximum Gasteiger partial charge on any atom is 0.298 e. The molecule has 24 heavy (non-hydrogen) atoms. The molecule has 1 atom stereocenters. The Morgan fingerprint density at radius 3 is 2.83 bits per heavy atom. The van der Waals surface area contributed by atoms with Crippen LogP contribution < -0.4 is 10.2 Å². The lowest BCUT2D eigenvalue weighted by atomic mass is 10.1. The smallest absolute Gasteiger partial charge is 0.298 e. The van der Waals surface area contributed by atoms with Crippen LogP contribution in [0.2, 0.25) is 0 Å². The highest BCUT2D eigenvalue weighted by molar-refractivity contribution is 7.13. The number of benzene rings is 1. The molecule has 3 aromatic rings. The number of aromatic nitrogens is 2. The van der Waals surface area contributed by atoms with Gasteiger partial charge in [0.15, 0.2) is 28.6 Å². The number of nitrogens with zero attached hydrogens (tertiary/aromatic N) is 3. The summed E-state index contributed by atoms with van der Waals surface area (Å²) >= 11 is 1.11. The maximum atomic E-state index is 14.3. The van der Waals surface area contributed by atoms with Crippen LogP contribution in [0.25, 0.3) is 21.7 Å². The summed E-state index contributed by atoms with van der Waals surface area (Å²) in [4.78, 5) is 9.91. The molecule has 0 unspecified atom stereocenters. The van der Waals surface area contributed by atoms with Gasteiger partial charge in [0.2, 0.25) is 0 Å². The lowest BCUT2D eigenvalue weighted by molar-refractivity contribution is 0.450. The summed E-state index contributed by atoms with van der Waals surface area (Å²) in [6.45, 7) is 3.99. The standard InChI is InChI=1S/C15H13F3N4OS/c1-7-6-19-2-4-22(7)15-21-12-11(18)10(17)9(16)8(13(12)23-15)14-20-3-5-24-14/h3,5,7,19H,2,4,6H2,1H3/t7-/m0/s1. The van der Waals surface area contributed by atoms with E-state index in [-0.39, 0.29) is 33.7 Å². The highest BCUT2D eigenvalue weighted by Crippen LogP contribution is 2.38. The Labute approximate surface area is 139 Å². The number of piperazine rings is 1. The summed E-state index contributed by atoms with van der Waals surface area (Å²) in [5.74, 6) is -4.23. The molecule has 0 amide bonds. The molecule has 1 aromatic carbocycles. The van der Waals surface area contributed by atoms with Crippen molar-refractivity contribution in [2.75, 3.05) is 24.5 Å². The van der Waals surface area contributed by atoms with Crippen LogP contribution in [0.4, 0.5) is 19.2 Å². The summed E-state index contributed by atoms with van der Waals surface area (Å²) in [7, 11) is 0. The van der Waals surface area contributed by atoms with Gasteiger partial charge in [-0.05, 0) is 6.92 Å². The molecule has 0 radical (unpaired) electrons. The van der Waals surface area contributed by atoms with Crippen molar-refractivity contribution in [3.05, 3.63) is 29.0 Å². The van der Waals surface area contributed by atoms with Gasteiger partial charge in [0, 0.05) is 37.3 Å². The third kappa shape index (κ3) is 2.27. The van der Waals surface area contributed by atoms with Gasteiger partial charge < -0.3 is 14.6 Å². The van der Waals surface area contributed by atoms with Gasteiger partial charge in [-0.25, -0.2) is 18.2 Å². The zero-order valence-corrected chi connectivity index (χ0v) is 13.5. The Balaban J connectivity index is 1.95. The van der Waals surface area contributed by atoms with Crippen molar-refractivity contribution in [2.24, 2.45) is 0 Å². The Kier molecular flexibility index (Phi) is 3.69. The van der Waals surface area contributed by atoms with Gasteiger partial charge in [-0.3, -0.25) is 0 Å². The van der Waals surface area contributed by atoms with Gasteiger partial charge in [-0.15, -0.1) is 11.3 Å². The molecule has 0 saturated carbocycles. The van der Waals surface area contributed by atoms with Crippen LogP contribution in [-0.2, 0) is 0 Å². The number of hydrogen-bond acceptors (Lipinski definition) is 6. The summed E-state index contributed by atoms with van der Waals surface area (Å²) in [5.41, 5.74) is -0.637. The van der Waals surface area contributed by atoms with E-state index in [2.05, 4.69) is 15.3 Å². The van der Waals surface area contributed by atoms with E-state index in [9.17, 15) is 13.2 Å². The van der Waals surface area contributed by atoms with Crippen LogP contribution in [0.3, 0.4) is 0 Å². The van der Waals surface area contributed by atoms with Crippen LogP contribution in [0.5, 0.6) is 0 Å². The van der Waals surface area contributed by atoms with E-state index in [1.165, 1.54) is 6.20 Å². The molecular formula is C15H13F3N4OS. The molecule has 1 aliphatic rings. The highest BCUT2D eigenvalue weighted by atomic mass is 32.1. The SMILES string of the molecule is C[C@H]1CNCCN1c1nc2c(F)c(F)c(F)c(-c3nccs3)c2o1. The van der Waals surface area contributed by atoms with Crippen molar-refractivity contribution >= 4 is 28.5 Å². The van der Waals surface area contributed by atoms with Crippen LogP contribution in [0, 0.1) is 17.5 Å². The number of rotatable bonds is 2. The lowest BCUT2D eigenvalue weighted by Gasteiger charge is -2.32. The van der Waals surface area contributed by atoms with E-state index >= 15 is 0 Å². The summed E-state index contributed by atoms with van der Waals surface area (Å²) in [6.07, 6.45) is 1.46. The van der Waals surface area contributed by atoms with Crippen molar-refractivity contribution in [2.45, 2.75) is 13.0 Å². The minimum atomic E-state index is -1.57. The first-order valence-electron chi connectivity index (χ1n) is 7.42. The molecule has 0 spiro atoms. The topological polar surface area (TPSA) is 54.2 Å². The van der Waals surface area contributed by atoms with Crippen molar-refractivity contribution in [1.29, 1.82) is 0 Å². The van der Waals surface area contributed by atoms with Crippen molar-refractivity contribution in [3.8, 4) is 10.6 Å². The van der Waals surface area contributed by atoms with E-state index in [1.54, 1.807) is 5.38 Å². The van der Waals surface area contributed by atoms with E-state index in [0.717, 1.165) is 11.3 Å². The van der Waals surface area contributed by atoms with Crippen molar-refractivity contribution in [3.63, 3.8) is 0 Å². The maximum absolute atomic E-state index is 14.3. The first-order chi connectivity index (χ1) is 11.6. The van der Waals surface area contributed by atoms with Crippen LogP contribution in [-0.4, -0.2) is 35.6 Å². The predicted molar refractivity (Wildman–Crippen MR) is 84.7 cm³/mol. The molecule has 126 valence electrons. The van der Waals surface area contributed by atoms with Gasteiger partial charge in [-0.2, -0.15) is 4.98 Å². The minimum Gasteiger partial charge on any atom is -0.422 e. The van der Waals surface area contributed by atoms with Crippen LogP contribution >= 0.6 is 11.3 Å². The van der Waals surface area contributed by atoms with Crippen molar-refractivity contribution < 1.29 is 17.6 Å². The molecule has 3 heterocycles. The number of hydrogen-bond donors (Lipinski definition) is 1. The molecule has 1 saturated heterocycles. The molecular weight excluding hydrogens is 341 g/mol. The minimum absolute atomic E-state index is 0.0629. The molecule has 0 aliphatic carbocycles. The normalized spacial score (nSPS) is 18.5. The number of thiazole rings is 1. The molecule has 5 nitrogen and oxygen atoms in total. The van der Waals surface area contributed by atoms with Crippen LogP contribution in [0.15, 0.2) is 16.0 Å². The second-order valence-electron chi connectivity index (χ2n) is 5.57. The molecule has 1 fully saturated rings. The Bertz CT molecular complexity index is 896. The number of fused-ring (bicyclic) bond motifs is 1. The lowest BCUT2D eigenvalue weighted by Crippen LogP contribution is -2.50. The summed E-state index contributed by atoms with van der Waals surface area (Å²) in [6, 6.07) is 0.216. The van der Waals surface area contributed by atoms with Gasteiger partial charge in [0.25, 0.3) is 6.01 Å². The Morgan fingerprint density at radius 2 is 2.12 bits per heavy atom. The summed E-state index contributed by atoms with van der Waals surface area (Å²) in [5, 5.41) is 5.06. The van der Waals surface area contributed by atoms with E-state index in [0.29, 0.717) is 19.6 Å². The number of halogens is 3. The second kappa shape index (κ2) is 5.75. The first-order valence-corrected chi connectivity index (χ1v) is 8.30. The van der Waals surface area contributed by atoms with Gasteiger partial charge >= 0.3 is 0 Å². The van der Waals surface area contributed by atoms with Gasteiger partial charge in [0.05, 0.1) is 5.56 Å². The summed E-state index contributed by atoms with van der Waals surface area (Å²) < 4.78 is 48.1. The molecule has 1 N–H and O–H groups in total. The average molecular weight is 354 g/mol. The zero-order chi connectivity index (χ0) is 16.8.